The second kappa shape index (κ2) is 6.69. The second-order valence-electron chi connectivity index (χ2n) is 5.90. The molecule has 1 heterocycles. The summed E-state index contributed by atoms with van der Waals surface area (Å²) in [6, 6.07) is 0.668. The fourth-order valence-corrected chi connectivity index (χ4v) is 2.27. The van der Waals surface area contributed by atoms with Crippen molar-refractivity contribution in [3.63, 3.8) is 0 Å². The Morgan fingerprint density at radius 3 is 2.65 bits per heavy atom. The molecule has 0 amide bonds. The van der Waals surface area contributed by atoms with Crippen LogP contribution in [0, 0.1) is 0 Å². The Morgan fingerprint density at radius 2 is 2.06 bits per heavy atom. The van der Waals surface area contributed by atoms with E-state index in [-0.39, 0.29) is 6.61 Å². The van der Waals surface area contributed by atoms with Gasteiger partial charge in [-0.05, 0) is 40.3 Å². The van der Waals surface area contributed by atoms with Crippen LogP contribution in [-0.2, 0) is 0 Å². The third-order valence-electron chi connectivity index (χ3n) is 3.88. The van der Waals surface area contributed by atoms with Gasteiger partial charge >= 0.3 is 0 Å². The lowest BCUT2D eigenvalue weighted by Gasteiger charge is -2.37. The molecular weight excluding hydrogens is 214 g/mol. The summed E-state index contributed by atoms with van der Waals surface area (Å²) in [6.07, 6.45) is 3.20. The van der Waals surface area contributed by atoms with E-state index < -0.39 is 5.54 Å². The zero-order chi connectivity index (χ0) is 12.9. The molecule has 1 rings (SSSR count). The largest absolute Gasteiger partial charge is 0.394 e. The number of nitrogens with two attached hydrogens (primary N) is 1. The van der Waals surface area contributed by atoms with Gasteiger partial charge in [0.25, 0.3) is 0 Å². The van der Waals surface area contributed by atoms with Gasteiger partial charge in [-0.2, -0.15) is 0 Å². The van der Waals surface area contributed by atoms with Gasteiger partial charge in [0, 0.05) is 31.2 Å². The molecule has 0 aromatic rings. The number of unbranched alkanes of at least 4 members (excludes halogenated alkanes) is 1. The van der Waals surface area contributed by atoms with Gasteiger partial charge in [-0.1, -0.05) is 6.42 Å². The molecule has 1 aliphatic heterocycles. The minimum absolute atomic E-state index is 0.0819. The molecule has 0 aromatic carbocycles. The van der Waals surface area contributed by atoms with Crippen LogP contribution in [0.2, 0.25) is 0 Å². The highest BCUT2D eigenvalue weighted by atomic mass is 16.3. The van der Waals surface area contributed by atoms with E-state index in [0.717, 1.165) is 12.8 Å². The quantitative estimate of drug-likeness (QED) is 0.667. The number of aliphatic hydroxyl groups excluding tert-OH is 1. The van der Waals surface area contributed by atoms with Crippen molar-refractivity contribution >= 4 is 0 Å². The maximum absolute atomic E-state index is 9.07. The van der Waals surface area contributed by atoms with Gasteiger partial charge in [0.15, 0.2) is 0 Å². The maximum atomic E-state index is 9.07. The summed E-state index contributed by atoms with van der Waals surface area (Å²) < 4.78 is 0. The van der Waals surface area contributed by atoms with Gasteiger partial charge in [0.05, 0.1) is 6.61 Å². The minimum atomic E-state index is -0.393. The summed E-state index contributed by atoms with van der Waals surface area (Å²) in [5, 5.41) is 9.07. The van der Waals surface area contributed by atoms with E-state index in [2.05, 4.69) is 23.8 Å². The molecule has 1 aliphatic rings. The van der Waals surface area contributed by atoms with Gasteiger partial charge in [0.2, 0.25) is 0 Å². The fourth-order valence-electron chi connectivity index (χ4n) is 2.27. The Bertz CT molecular complexity index is 221. The molecule has 0 saturated carbocycles. The average molecular weight is 243 g/mol. The van der Waals surface area contributed by atoms with Crippen LogP contribution < -0.4 is 5.73 Å². The summed E-state index contributed by atoms with van der Waals surface area (Å²) in [5.41, 5.74) is 5.51. The number of aliphatic hydroxyl groups is 1. The van der Waals surface area contributed by atoms with Crippen LogP contribution in [0.15, 0.2) is 0 Å². The predicted octanol–water partition coefficient (Wildman–Crippen LogP) is 0.502. The van der Waals surface area contributed by atoms with Crippen LogP contribution >= 0.6 is 0 Å². The Balaban J connectivity index is 2.11. The smallest absolute Gasteiger partial charge is 0.0608 e. The Hall–Kier alpha value is -0.160. The third-order valence-corrected chi connectivity index (χ3v) is 3.88. The molecule has 2 atom stereocenters. The fraction of sp³-hybridized carbons (Fsp3) is 1.00. The van der Waals surface area contributed by atoms with Crippen LogP contribution in [0.3, 0.4) is 0 Å². The summed E-state index contributed by atoms with van der Waals surface area (Å²) in [4.78, 5) is 4.96. The van der Waals surface area contributed by atoms with Crippen LogP contribution in [0.1, 0.15) is 33.1 Å². The monoisotopic (exact) mass is 243 g/mol. The van der Waals surface area contributed by atoms with E-state index in [9.17, 15) is 0 Å². The first-order chi connectivity index (χ1) is 7.94. The summed E-state index contributed by atoms with van der Waals surface area (Å²) in [6.45, 7) is 8.99. The molecule has 102 valence electrons. The zero-order valence-corrected chi connectivity index (χ0v) is 11.7. The Labute approximate surface area is 106 Å². The van der Waals surface area contributed by atoms with E-state index in [0.29, 0.717) is 6.04 Å². The van der Waals surface area contributed by atoms with E-state index in [1.54, 1.807) is 0 Å². The van der Waals surface area contributed by atoms with Crippen molar-refractivity contribution in [2.45, 2.75) is 44.7 Å². The van der Waals surface area contributed by atoms with Crippen molar-refractivity contribution < 1.29 is 5.11 Å². The van der Waals surface area contributed by atoms with Crippen molar-refractivity contribution in [1.29, 1.82) is 0 Å². The molecule has 4 nitrogen and oxygen atoms in total. The van der Waals surface area contributed by atoms with Crippen LogP contribution in [0.4, 0.5) is 0 Å². The molecule has 0 spiro atoms. The topological polar surface area (TPSA) is 52.7 Å². The summed E-state index contributed by atoms with van der Waals surface area (Å²) >= 11 is 0. The van der Waals surface area contributed by atoms with Crippen molar-refractivity contribution in [3.05, 3.63) is 0 Å². The summed E-state index contributed by atoms with van der Waals surface area (Å²) in [7, 11) is 2.20. The zero-order valence-electron chi connectivity index (χ0n) is 11.7. The van der Waals surface area contributed by atoms with Crippen molar-refractivity contribution in [3.8, 4) is 0 Å². The number of hydrogen-bond donors (Lipinski definition) is 2. The molecule has 0 radical (unpaired) electrons. The predicted molar refractivity (Wildman–Crippen MR) is 72.1 cm³/mol. The standard InChI is InChI=1S/C13H29N3O/c1-12-10-16(9-8-15(12)3)7-5-4-6-13(2,14)11-17/h12,17H,4-11,14H2,1-3H3. The highest BCUT2D eigenvalue weighted by molar-refractivity contribution is 4.79. The van der Waals surface area contributed by atoms with Gasteiger partial charge in [-0.25, -0.2) is 0 Å². The lowest BCUT2D eigenvalue weighted by Crippen LogP contribution is -2.50. The molecule has 0 aromatic heterocycles. The minimum Gasteiger partial charge on any atom is -0.394 e. The van der Waals surface area contributed by atoms with Gasteiger partial charge in [-0.15, -0.1) is 0 Å². The van der Waals surface area contributed by atoms with E-state index in [1.807, 2.05) is 6.92 Å². The molecule has 4 heteroatoms. The van der Waals surface area contributed by atoms with Gasteiger partial charge in [-0.3, -0.25) is 0 Å². The van der Waals surface area contributed by atoms with Crippen molar-refractivity contribution in [1.82, 2.24) is 9.80 Å². The molecule has 2 unspecified atom stereocenters. The molecule has 17 heavy (non-hydrogen) atoms. The number of hydrogen-bond acceptors (Lipinski definition) is 4. The number of likely N-dealkylation sites (N-methyl/N-ethyl adjacent to an activating group) is 1. The first-order valence-corrected chi connectivity index (χ1v) is 6.77. The first kappa shape index (κ1) is 14.9. The molecule has 0 aliphatic carbocycles. The normalized spacial score (nSPS) is 27.0. The second-order valence-corrected chi connectivity index (χ2v) is 5.90. The summed E-state index contributed by atoms with van der Waals surface area (Å²) in [5.74, 6) is 0. The number of piperazine rings is 1. The van der Waals surface area contributed by atoms with Crippen molar-refractivity contribution in [2.24, 2.45) is 5.73 Å². The average Bonchev–Trinajstić information content (AvgIpc) is 2.29. The van der Waals surface area contributed by atoms with E-state index in [1.165, 1.54) is 32.6 Å². The van der Waals surface area contributed by atoms with Crippen LogP contribution in [0.25, 0.3) is 0 Å². The third kappa shape index (κ3) is 5.34. The number of rotatable bonds is 6. The van der Waals surface area contributed by atoms with E-state index in [4.69, 9.17) is 10.8 Å². The Kier molecular flexibility index (Phi) is 5.86. The lowest BCUT2D eigenvalue weighted by atomic mass is 9.97. The maximum Gasteiger partial charge on any atom is 0.0608 e. The molecule has 1 fully saturated rings. The molecule has 0 bridgehead atoms. The first-order valence-electron chi connectivity index (χ1n) is 6.77. The lowest BCUT2D eigenvalue weighted by molar-refractivity contribution is 0.103. The van der Waals surface area contributed by atoms with Crippen LogP contribution in [0.5, 0.6) is 0 Å². The molecule has 1 saturated heterocycles. The van der Waals surface area contributed by atoms with E-state index >= 15 is 0 Å². The SMILES string of the molecule is CC1CN(CCCCC(C)(N)CO)CCN1C. The Morgan fingerprint density at radius 1 is 1.35 bits per heavy atom. The number of nitrogens with zero attached hydrogens (tertiary/aromatic N) is 2. The molecular formula is C13H29N3O. The highest BCUT2D eigenvalue weighted by Gasteiger charge is 2.20. The van der Waals surface area contributed by atoms with Gasteiger partial charge < -0.3 is 20.6 Å². The van der Waals surface area contributed by atoms with Crippen molar-refractivity contribution in [2.75, 3.05) is 39.8 Å². The van der Waals surface area contributed by atoms with Gasteiger partial charge in [0.1, 0.15) is 0 Å². The van der Waals surface area contributed by atoms with Crippen LogP contribution in [-0.4, -0.2) is 66.3 Å². The highest BCUT2D eigenvalue weighted by Crippen LogP contribution is 2.12. The molecule has 3 N–H and O–H groups in total.